The molecule has 0 bridgehead atoms. The Kier molecular flexibility index (Phi) is 2.94. The van der Waals surface area contributed by atoms with Crippen LogP contribution in [0.3, 0.4) is 0 Å². The Morgan fingerprint density at radius 3 is 2.87 bits per heavy atom. The first-order chi connectivity index (χ1) is 7.33. The molecule has 0 spiro atoms. The van der Waals surface area contributed by atoms with Gasteiger partial charge in [0.25, 0.3) is 0 Å². The quantitative estimate of drug-likeness (QED) is 0.845. The van der Waals surface area contributed by atoms with Gasteiger partial charge in [0.1, 0.15) is 0 Å². The lowest BCUT2D eigenvalue weighted by Gasteiger charge is -2.03. The maximum atomic E-state index is 8.83. The molecular weight excluding hydrogens is 216 g/mol. The highest BCUT2D eigenvalue weighted by Gasteiger charge is 2.10. The Morgan fingerprint density at radius 2 is 2.13 bits per heavy atom. The second-order valence-electron chi connectivity index (χ2n) is 2.93. The van der Waals surface area contributed by atoms with E-state index in [1.54, 1.807) is 6.07 Å². The van der Waals surface area contributed by atoms with Crippen LogP contribution in [0.15, 0.2) is 24.3 Å². The van der Waals surface area contributed by atoms with Gasteiger partial charge in [-0.15, -0.1) is 5.10 Å². The average molecular weight is 225 g/mol. The molecule has 0 saturated carbocycles. The van der Waals surface area contributed by atoms with E-state index in [4.69, 9.17) is 16.7 Å². The van der Waals surface area contributed by atoms with Gasteiger partial charge in [-0.05, 0) is 22.6 Å². The molecule has 0 aliphatic carbocycles. The largest absolute Gasteiger partial charge is 0.394 e. The molecule has 0 atom stereocenters. The van der Waals surface area contributed by atoms with Crippen molar-refractivity contribution in [1.82, 2.24) is 20.2 Å². The summed E-state index contributed by atoms with van der Waals surface area (Å²) in [6.07, 6.45) is 0. The van der Waals surface area contributed by atoms with Crippen LogP contribution in [0, 0.1) is 0 Å². The number of aliphatic hydroxyl groups excluding tert-OH is 1. The number of aliphatic hydroxyl groups is 1. The Hall–Kier alpha value is -1.46. The number of tetrazole rings is 1. The van der Waals surface area contributed by atoms with Crippen LogP contribution in [0.5, 0.6) is 0 Å². The van der Waals surface area contributed by atoms with Crippen molar-refractivity contribution in [2.24, 2.45) is 0 Å². The molecule has 6 heteroatoms. The topological polar surface area (TPSA) is 63.8 Å². The first kappa shape index (κ1) is 10.1. The van der Waals surface area contributed by atoms with E-state index in [9.17, 15) is 0 Å². The van der Waals surface area contributed by atoms with Gasteiger partial charge in [-0.2, -0.15) is 0 Å². The molecule has 2 aromatic rings. The predicted molar refractivity (Wildman–Crippen MR) is 55.3 cm³/mol. The van der Waals surface area contributed by atoms with Gasteiger partial charge in [0.15, 0.2) is 5.82 Å². The minimum absolute atomic E-state index is 0.0114. The van der Waals surface area contributed by atoms with E-state index in [0.717, 1.165) is 5.56 Å². The Balaban J connectivity index is 2.45. The Labute approximate surface area is 91.3 Å². The number of aromatic nitrogens is 4. The van der Waals surface area contributed by atoms with E-state index in [-0.39, 0.29) is 6.61 Å². The van der Waals surface area contributed by atoms with E-state index in [1.165, 1.54) is 4.68 Å². The number of rotatable bonds is 3. The smallest absolute Gasteiger partial charge is 0.183 e. The minimum atomic E-state index is -0.0114. The van der Waals surface area contributed by atoms with Gasteiger partial charge >= 0.3 is 0 Å². The molecule has 0 amide bonds. The molecule has 0 radical (unpaired) electrons. The van der Waals surface area contributed by atoms with Crippen LogP contribution in [-0.2, 0) is 6.54 Å². The maximum Gasteiger partial charge on any atom is 0.183 e. The molecule has 1 heterocycles. The van der Waals surface area contributed by atoms with Crippen molar-refractivity contribution in [3.05, 3.63) is 29.3 Å². The van der Waals surface area contributed by atoms with E-state index in [2.05, 4.69) is 15.5 Å². The van der Waals surface area contributed by atoms with E-state index in [1.807, 2.05) is 18.2 Å². The molecular formula is C9H9ClN4O. The maximum absolute atomic E-state index is 8.83. The minimum Gasteiger partial charge on any atom is -0.394 e. The van der Waals surface area contributed by atoms with E-state index in [0.29, 0.717) is 17.4 Å². The fraction of sp³-hybridized carbons (Fsp3) is 0.222. The van der Waals surface area contributed by atoms with Crippen molar-refractivity contribution in [2.75, 3.05) is 6.61 Å². The average Bonchev–Trinajstić information content (AvgIpc) is 2.67. The Morgan fingerprint density at radius 1 is 1.33 bits per heavy atom. The lowest BCUT2D eigenvalue weighted by atomic mass is 10.2. The second kappa shape index (κ2) is 4.37. The summed E-state index contributed by atoms with van der Waals surface area (Å²) in [7, 11) is 0. The van der Waals surface area contributed by atoms with Crippen molar-refractivity contribution in [3.8, 4) is 11.4 Å². The highest BCUT2D eigenvalue weighted by molar-refractivity contribution is 6.33. The molecule has 1 aromatic heterocycles. The fourth-order valence-electron chi connectivity index (χ4n) is 1.29. The number of nitrogens with zero attached hydrogens (tertiary/aromatic N) is 4. The van der Waals surface area contributed by atoms with Crippen molar-refractivity contribution >= 4 is 11.6 Å². The standard InChI is InChI=1S/C9H9ClN4O/c10-8-4-2-1-3-7(8)9-11-12-13-14(9)5-6-15/h1-4,15H,5-6H2. The van der Waals surface area contributed by atoms with Crippen LogP contribution < -0.4 is 0 Å². The molecule has 1 aromatic carbocycles. The number of halogens is 1. The molecule has 0 fully saturated rings. The van der Waals surface area contributed by atoms with Crippen molar-refractivity contribution < 1.29 is 5.11 Å². The lowest BCUT2D eigenvalue weighted by molar-refractivity contribution is 0.269. The summed E-state index contributed by atoms with van der Waals surface area (Å²) in [5.74, 6) is 0.564. The summed E-state index contributed by atoms with van der Waals surface area (Å²) in [5, 5.41) is 20.6. The monoisotopic (exact) mass is 224 g/mol. The van der Waals surface area contributed by atoms with Crippen LogP contribution in [0.4, 0.5) is 0 Å². The highest BCUT2D eigenvalue weighted by Crippen LogP contribution is 2.24. The Bertz CT molecular complexity index is 457. The summed E-state index contributed by atoms with van der Waals surface area (Å²) in [6, 6.07) is 7.31. The molecule has 15 heavy (non-hydrogen) atoms. The zero-order valence-corrected chi connectivity index (χ0v) is 8.59. The zero-order valence-electron chi connectivity index (χ0n) is 7.84. The SMILES string of the molecule is OCCn1nnnc1-c1ccccc1Cl. The summed E-state index contributed by atoms with van der Waals surface area (Å²) < 4.78 is 1.52. The lowest BCUT2D eigenvalue weighted by Crippen LogP contribution is -2.06. The first-order valence-electron chi connectivity index (χ1n) is 4.45. The number of benzene rings is 1. The molecule has 0 saturated heterocycles. The summed E-state index contributed by atoms with van der Waals surface area (Å²) in [6.45, 7) is 0.343. The zero-order chi connectivity index (χ0) is 10.7. The third-order valence-electron chi connectivity index (χ3n) is 1.96. The van der Waals surface area contributed by atoms with Crippen molar-refractivity contribution in [1.29, 1.82) is 0 Å². The molecule has 0 unspecified atom stereocenters. The third kappa shape index (κ3) is 1.98. The van der Waals surface area contributed by atoms with Gasteiger partial charge in [0, 0.05) is 5.56 Å². The fourth-order valence-corrected chi connectivity index (χ4v) is 1.51. The number of hydrogen-bond acceptors (Lipinski definition) is 4. The predicted octanol–water partition coefficient (Wildman–Crippen LogP) is 0.986. The molecule has 0 aliphatic heterocycles. The van der Waals surface area contributed by atoms with Crippen molar-refractivity contribution in [3.63, 3.8) is 0 Å². The first-order valence-corrected chi connectivity index (χ1v) is 4.82. The molecule has 78 valence electrons. The van der Waals surface area contributed by atoms with Crippen LogP contribution >= 0.6 is 11.6 Å². The normalized spacial score (nSPS) is 10.5. The second-order valence-corrected chi connectivity index (χ2v) is 3.34. The molecule has 5 nitrogen and oxygen atoms in total. The van der Waals surface area contributed by atoms with Gasteiger partial charge in [0.2, 0.25) is 0 Å². The highest BCUT2D eigenvalue weighted by atomic mass is 35.5. The van der Waals surface area contributed by atoms with Crippen LogP contribution in [0.1, 0.15) is 0 Å². The summed E-state index contributed by atoms with van der Waals surface area (Å²) >= 11 is 6.02. The molecule has 2 rings (SSSR count). The molecule has 1 N–H and O–H groups in total. The summed E-state index contributed by atoms with van der Waals surface area (Å²) in [4.78, 5) is 0. The van der Waals surface area contributed by atoms with Gasteiger partial charge < -0.3 is 5.11 Å². The van der Waals surface area contributed by atoms with Crippen LogP contribution in [0.25, 0.3) is 11.4 Å². The van der Waals surface area contributed by atoms with Crippen LogP contribution in [-0.4, -0.2) is 31.9 Å². The third-order valence-corrected chi connectivity index (χ3v) is 2.29. The molecule has 0 aliphatic rings. The van der Waals surface area contributed by atoms with Crippen LogP contribution in [0.2, 0.25) is 5.02 Å². The van der Waals surface area contributed by atoms with Gasteiger partial charge in [-0.3, -0.25) is 0 Å². The van der Waals surface area contributed by atoms with Gasteiger partial charge in [-0.25, -0.2) is 4.68 Å². The summed E-state index contributed by atoms with van der Waals surface area (Å²) in [5.41, 5.74) is 0.762. The number of hydrogen-bond donors (Lipinski definition) is 1. The van der Waals surface area contributed by atoms with E-state index < -0.39 is 0 Å². The van der Waals surface area contributed by atoms with Gasteiger partial charge in [0.05, 0.1) is 18.2 Å². The van der Waals surface area contributed by atoms with E-state index >= 15 is 0 Å². The van der Waals surface area contributed by atoms with Gasteiger partial charge in [-0.1, -0.05) is 23.7 Å². The van der Waals surface area contributed by atoms with Crippen molar-refractivity contribution in [2.45, 2.75) is 6.54 Å².